The number of benzene rings is 4. The first-order valence-corrected chi connectivity index (χ1v) is 30.2. The van der Waals surface area contributed by atoms with Crippen LogP contribution in [0.5, 0.6) is 23.0 Å². The number of hydrogen-bond acceptors (Lipinski definition) is 10. The van der Waals surface area contributed by atoms with Crippen molar-refractivity contribution < 1.29 is 28.5 Å². The Morgan fingerprint density at radius 3 is 0.897 bits per heavy atom. The normalized spacial score (nSPS) is 11.2. The Morgan fingerprint density at radius 1 is 0.346 bits per heavy atom. The second-order valence-corrected chi connectivity index (χ2v) is 21.9. The molecule has 0 saturated carbocycles. The predicted octanol–water partition coefficient (Wildman–Crippen LogP) is 19.6. The molecular formula is C66H78N4O6S2. The minimum absolute atomic E-state index is 0.225. The van der Waals surface area contributed by atoms with Crippen LogP contribution in [0.4, 0.5) is 32.8 Å². The quantitative estimate of drug-likeness (QED) is 0.0230. The number of hydrogen-bond donors (Lipinski definition) is 2. The van der Waals surface area contributed by atoms with Crippen LogP contribution in [0.25, 0.3) is 21.1 Å². The van der Waals surface area contributed by atoms with E-state index in [0.717, 1.165) is 103 Å². The number of ether oxygens (including phenoxy) is 4. The fourth-order valence-electron chi connectivity index (χ4n) is 9.22. The van der Waals surface area contributed by atoms with Crippen LogP contribution in [-0.2, 0) is 0 Å². The number of rotatable bonds is 35. The Morgan fingerprint density at radius 2 is 0.628 bits per heavy atom. The number of carbonyl (C=O) groups is 2. The van der Waals surface area contributed by atoms with Crippen LogP contribution < -0.4 is 28.7 Å². The van der Waals surface area contributed by atoms with E-state index in [0.29, 0.717) is 26.4 Å². The minimum Gasteiger partial charge on any atom is -0.494 e. The average Bonchev–Trinajstić information content (AvgIpc) is 4.45. The highest BCUT2D eigenvalue weighted by Crippen LogP contribution is 2.44. The summed E-state index contributed by atoms with van der Waals surface area (Å²) < 4.78 is 24.4. The molecular weight excluding hydrogens is 1010 g/mol. The second-order valence-electron chi connectivity index (χ2n) is 19.8. The predicted molar refractivity (Wildman–Crippen MR) is 325 cm³/mol. The van der Waals surface area contributed by atoms with E-state index < -0.39 is 11.6 Å². The lowest BCUT2D eigenvalue weighted by Gasteiger charge is -2.24. The van der Waals surface area contributed by atoms with Crippen molar-refractivity contribution in [3.63, 3.8) is 0 Å². The minimum atomic E-state index is -0.617. The van der Waals surface area contributed by atoms with E-state index in [9.17, 15) is 9.59 Å². The summed E-state index contributed by atoms with van der Waals surface area (Å²) in [5.41, 5.74) is 5.88. The van der Waals surface area contributed by atoms with Gasteiger partial charge in [0.25, 0.3) is 11.6 Å². The van der Waals surface area contributed by atoms with Gasteiger partial charge in [0, 0.05) is 22.7 Å². The van der Waals surface area contributed by atoms with Gasteiger partial charge in [0.2, 0.25) is 0 Å². The van der Waals surface area contributed by atoms with Gasteiger partial charge >= 0.3 is 0 Å². The van der Waals surface area contributed by atoms with Crippen molar-refractivity contribution in [2.24, 2.45) is 0 Å². The van der Waals surface area contributed by atoms with Gasteiger partial charge in [-0.15, -0.1) is 22.7 Å². The molecule has 410 valence electrons. The molecule has 0 amide bonds. The summed E-state index contributed by atoms with van der Waals surface area (Å²) in [4.78, 5) is 40.6. The smallest absolute Gasteiger partial charge is 0.251 e. The number of aromatic amines is 2. The first-order chi connectivity index (χ1) is 38.3. The highest BCUT2D eigenvalue weighted by Gasteiger charge is 2.24. The Labute approximate surface area is 470 Å². The van der Waals surface area contributed by atoms with E-state index in [4.69, 9.17) is 18.9 Å². The van der Waals surface area contributed by atoms with Gasteiger partial charge in [0.15, 0.2) is 0 Å². The maximum absolute atomic E-state index is 13.9. The molecule has 4 aromatic heterocycles. The molecule has 0 saturated heterocycles. The highest BCUT2D eigenvalue weighted by atomic mass is 32.1. The number of ketones is 2. The van der Waals surface area contributed by atoms with Gasteiger partial charge in [-0.05, 0) is 171 Å². The zero-order valence-corrected chi connectivity index (χ0v) is 47.8. The molecule has 78 heavy (non-hydrogen) atoms. The first kappa shape index (κ1) is 57.2. The Kier molecular flexibility index (Phi) is 22.1. The van der Waals surface area contributed by atoms with Gasteiger partial charge in [0.05, 0.1) is 59.0 Å². The van der Waals surface area contributed by atoms with Crippen molar-refractivity contribution >= 4 is 67.0 Å². The molecule has 12 heteroatoms. The Hall–Kier alpha value is -7.02. The van der Waals surface area contributed by atoms with Crippen molar-refractivity contribution in [2.45, 2.75) is 130 Å². The second kappa shape index (κ2) is 30.2. The number of anilines is 6. The maximum Gasteiger partial charge on any atom is 0.251 e. The van der Waals surface area contributed by atoms with Crippen molar-refractivity contribution in [2.75, 3.05) is 36.2 Å². The zero-order valence-electron chi connectivity index (χ0n) is 46.2. The van der Waals surface area contributed by atoms with Crippen molar-refractivity contribution in [3.05, 3.63) is 157 Å². The number of nitrogens with one attached hydrogen (secondary N) is 2. The molecule has 10 nitrogen and oxygen atoms in total. The summed E-state index contributed by atoms with van der Waals surface area (Å²) in [6.07, 6.45) is 18.4. The first-order valence-electron chi connectivity index (χ1n) is 28.5. The summed E-state index contributed by atoms with van der Waals surface area (Å²) in [6.45, 7) is 11.7. The van der Waals surface area contributed by atoms with Gasteiger partial charge < -0.3 is 38.7 Å². The molecule has 0 radical (unpaired) electrons. The molecule has 2 N–H and O–H groups in total. The summed E-state index contributed by atoms with van der Waals surface area (Å²) in [7, 11) is 0. The fraction of sp³-hybridized carbons (Fsp3) is 0.364. The summed E-state index contributed by atoms with van der Waals surface area (Å²) in [5, 5.41) is 1.96. The van der Waals surface area contributed by atoms with Crippen LogP contribution in [0.15, 0.2) is 146 Å². The summed E-state index contributed by atoms with van der Waals surface area (Å²) >= 11 is 3.19. The van der Waals surface area contributed by atoms with Crippen molar-refractivity contribution in [1.29, 1.82) is 0 Å². The standard InChI is InChI=1S/C66H78N4O6S2/c1-5-9-13-17-45-73-53-29-21-49(22-30-53)69(50-23-31-54(32-24-50)74-46-18-14-10-6-2)63-43-41-61(77-63)57-37-39-59(67-57)65(71)66(72)60-40-38-58(68-60)62-42-44-64(78-62)70(51-25-33-55(34-26-51)75-47-19-15-11-7-3)52-27-35-56(36-28-52)76-48-20-16-12-8-4/h21-44,67-68H,5-20,45-48H2,1-4H3. The van der Waals surface area contributed by atoms with E-state index in [1.807, 2.05) is 72.8 Å². The molecule has 0 aliphatic carbocycles. The molecule has 8 rings (SSSR count). The molecule has 0 bridgehead atoms. The molecule has 4 heterocycles. The van der Waals surface area contributed by atoms with Crippen molar-refractivity contribution in [1.82, 2.24) is 9.97 Å². The molecule has 0 unspecified atom stereocenters. The third-order valence-corrected chi connectivity index (χ3v) is 15.9. The zero-order chi connectivity index (χ0) is 54.3. The molecule has 0 spiro atoms. The lowest BCUT2D eigenvalue weighted by molar-refractivity contribution is 0.0812. The molecule has 0 aliphatic rings. The monoisotopic (exact) mass is 1090 g/mol. The third kappa shape index (κ3) is 16.0. The van der Waals surface area contributed by atoms with Gasteiger partial charge in [-0.2, -0.15) is 0 Å². The fourth-order valence-corrected chi connectivity index (χ4v) is 11.3. The van der Waals surface area contributed by atoms with Gasteiger partial charge in [0.1, 0.15) is 33.0 Å². The molecule has 0 atom stereocenters. The third-order valence-electron chi connectivity index (χ3n) is 13.7. The SMILES string of the molecule is CCCCCCOc1ccc(N(c2ccc(OCCCCCC)cc2)c2ccc(-c3ccc(C(=O)C(=O)c4ccc(-c5ccc(N(c6ccc(OCCCCCC)cc6)c6ccc(OCCCCCC)cc6)s5)[nH]4)[nH]3)s2)cc1. The number of Topliss-reactive ketones (excluding diaryl/α,β-unsaturated/α-hetero) is 2. The maximum atomic E-state index is 13.9. The number of nitrogens with zero attached hydrogens (tertiary/aromatic N) is 2. The molecule has 8 aromatic rings. The van der Waals surface area contributed by atoms with E-state index in [-0.39, 0.29) is 11.4 Å². The Balaban J connectivity index is 0.960. The van der Waals surface area contributed by atoms with Crippen LogP contribution in [0, 0.1) is 0 Å². The molecule has 0 fully saturated rings. The largest absolute Gasteiger partial charge is 0.494 e. The Bertz CT molecular complexity index is 2710. The number of aromatic nitrogens is 2. The van der Waals surface area contributed by atoms with Gasteiger partial charge in [-0.1, -0.05) is 105 Å². The number of H-pyrrole nitrogens is 2. The lowest BCUT2D eigenvalue weighted by atomic mass is 10.1. The van der Waals surface area contributed by atoms with Gasteiger partial charge in [-0.3, -0.25) is 9.59 Å². The lowest BCUT2D eigenvalue weighted by Crippen LogP contribution is -2.15. The summed E-state index contributed by atoms with van der Waals surface area (Å²) in [6, 6.07) is 48.3. The number of unbranched alkanes of at least 4 members (excludes halogenated alkanes) is 12. The summed E-state index contributed by atoms with van der Waals surface area (Å²) in [5.74, 6) is 2.15. The van der Waals surface area contributed by atoms with E-state index in [1.54, 1.807) is 34.8 Å². The van der Waals surface area contributed by atoms with Crippen LogP contribution in [0.1, 0.15) is 151 Å². The van der Waals surface area contributed by atoms with Crippen molar-refractivity contribution in [3.8, 4) is 44.1 Å². The van der Waals surface area contributed by atoms with E-state index in [1.165, 1.54) is 77.0 Å². The number of thiophene rings is 2. The highest BCUT2D eigenvalue weighted by molar-refractivity contribution is 7.19. The van der Waals surface area contributed by atoms with Crippen LogP contribution in [0.2, 0.25) is 0 Å². The topological polar surface area (TPSA) is 109 Å². The van der Waals surface area contributed by atoms with E-state index in [2.05, 4.69) is 108 Å². The van der Waals surface area contributed by atoms with Crippen LogP contribution >= 0.6 is 22.7 Å². The van der Waals surface area contributed by atoms with Crippen LogP contribution in [0.3, 0.4) is 0 Å². The average molecular weight is 1090 g/mol. The molecule has 4 aromatic carbocycles. The van der Waals surface area contributed by atoms with Crippen LogP contribution in [-0.4, -0.2) is 48.0 Å². The molecule has 0 aliphatic heterocycles. The van der Waals surface area contributed by atoms with E-state index >= 15 is 0 Å². The van der Waals surface area contributed by atoms with Gasteiger partial charge in [-0.25, -0.2) is 0 Å². The number of carbonyl (C=O) groups excluding carboxylic acids is 2.